The van der Waals surface area contributed by atoms with Gasteiger partial charge in [0.2, 0.25) is 0 Å². The minimum atomic E-state index is -0.312. The Kier molecular flexibility index (Phi) is 9.91. The average molecular weight is 458 g/mol. The number of carbonyl (C=O) groups is 1. The molecule has 0 aliphatic heterocycles. The van der Waals surface area contributed by atoms with E-state index in [-0.39, 0.29) is 5.24 Å². The van der Waals surface area contributed by atoms with E-state index in [1.54, 1.807) is 12.3 Å². The van der Waals surface area contributed by atoms with Gasteiger partial charge in [-0.1, -0.05) is 23.9 Å². The number of alkyl halides is 2. The van der Waals surface area contributed by atoms with E-state index in [1.165, 1.54) is 11.8 Å². The molecule has 0 aliphatic rings. The average Bonchev–Trinajstić information content (AvgIpc) is 2.68. The molecule has 0 spiro atoms. The molecule has 1 amide bonds. The van der Waals surface area contributed by atoms with Crippen LogP contribution in [0.15, 0.2) is 45.6 Å². The molecule has 0 saturated heterocycles. The van der Waals surface area contributed by atoms with Crippen molar-refractivity contribution in [2.75, 3.05) is 36.0 Å². The van der Waals surface area contributed by atoms with E-state index in [0.29, 0.717) is 21.9 Å². The highest BCUT2D eigenvalue weighted by molar-refractivity contribution is 8.13. The zero-order valence-corrected chi connectivity index (χ0v) is 18.7. The van der Waals surface area contributed by atoms with Gasteiger partial charge < -0.3 is 4.90 Å². The lowest BCUT2D eigenvalue weighted by Crippen LogP contribution is -2.27. The normalized spacial score (nSPS) is 11.0. The second kappa shape index (κ2) is 12.2. The van der Waals surface area contributed by atoms with Crippen LogP contribution in [0.5, 0.6) is 0 Å². The Labute approximate surface area is 183 Å². The Hall–Kier alpha value is -1.48. The van der Waals surface area contributed by atoms with Crippen LogP contribution >= 0.6 is 46.7 Å². The highest BCUT2D eigenvalue weighted by atomic mass is 35.5. The Morgan fingerprint density at radius 2 is 1.89 bits per heavy atom. The van der Waals surface area contributed by atoms with Gasteiger partial charge in [-0.25, -0.2) is 15.4 Å². The van der Waals surface area contributed by atoms with Gasteiger partial charge in [0.25, 0.3) is 0 Å². The van der Waals surface area contributed by atoms with Crippen molar-refractivity contribution in [3.63, 3.8) is 0 Å². The third-order valence-corrected chi connectivity index (χ3v) is 5.11. The molecule has 10 heteroatoms. The molecule has 0 bridgehead atoms. The smallest absolute Gasteiger partial charge is 0.305 e. The van der Waals surface area contributed by atoms with E-state index in [4.69, 9.17) is 23.2 Å². The van der Waals surface area contributed by atoms with Gasteiger partial charge in [0.15, 0.2) is 5.16 Å². The molecule has 1 N–H and O–H groups in total. The number of hydrazone groups is 1. The topological polar surface area (TPSA) is 70.5 Å². The summed E-state index contributed by atoms with van der Waals surface area (Å²) in [5.41, 5.74) is 5.22. The number of halogens is 2. The number of rotatable bonds is 9. The summed E-state index contributed by atoms with van der Waals surface area (Å²) in [6, 6.07) is 9.56. The van der Waals surface area contributed by atoms with Crippen LogP contribution in [0.2, 0.25) is 0 Å². The Bertz CT molecular complexity index is 799. The lowest BCUT2D eigenvalue weighted by Gasteiger charge is -2.22. The van der Waals surface area contributed by atoms with Crippen molar-refractivity contribution >= 4 is 63.9 Å². The van der Waals surface area contributed by atoms with Crippen molar-refractivity contribution in [1.29, 1.82) is 0 Å². The molecule has 0 fully saturated rings. The minimum absolute atomic E-state index is 0.312. The third-order valence-electron chi connectivity index (χ3n) is 3.53. The van der Waals surface area contributed by atoms with Crippen LogP contribution in [0.25, 0.3) is 0 Å². The van der Waals surface area contributed by atoms with Gasteiger partial charge in [0.1, 0.15) is 5.03 Å². The molecular weight excluding hydrogens is 437 g/mol. The molecule has 2 rings (SSSR count). The first-order valence-corrected chi connectivity index (χ1v) is 11.5. The van der Waals surface area contributed by atoms with Crippen LogP contribution in [0, 0.1) is 6.92 Å². The van der Waals surface area contributed by atoms with E-state index in [9.17, 15) is 4.79 Å². The van der Waals surface area contributed by atoms with Gasteiger partial charge in [0, 0.05) is 36.2 Å². The first-order chi connectivity index (χ1) is 13.5. The Morgan fingerprint density at radius 1 is 1.21 bits per heavy atom. The molecule has 6 nitrogen and oxygen atoms in total. The largest absolute Gasteiger partial charge is 0.369 e. The first-order valence-electron chi connectivity index (χ1n) is 8.43. The van der Waals surface area contributed by atoms with Crippen molar-refractivity contribution in [3.8, 4) is 0 Å². The number of aromatic nitrogens is 2. The van der Waals surface area contributed by atoms with Crippen LogP contribution in [0.1, 0.15) is 11.3 Å². The summed E-state index contributed by atoms with van der Waals surface area (Å²) in [5.74, 6) is 1.07. The Morgan fingerprint density at radius 3 is 2.50 bits per heavy atom. The molecule has 0 radical (unpaired) electrons. The molecule has 28 heavy (non-hydrogen) atoms. The van der Waals surface area contributed by atoms with E-state index in [1.807, 2.05) is 37.4 Å². The van der Waals surface area contributed by atoms with Crippen LogP contribution in [0.3, 0.4) is 0 Å². The number of thioether (sulfide) groups is 2. The van der Waals surface area contributed by atoms with E-state index >= 15 is 0 Å². The third kappa shape index (κ3) is 7.50. The standard InChI is InChI=1S/C18H21Cl2N5OS2/c1-13-11-16(23-17(22-13)27-2)28-18(26)24-21-12-14-3-5-15(6-4-14)25(9-7-19)10-8-20/h3-6,11-12H,7-10H2,1-2H3,(H,24,26). The fraction of sp³-hybridized carbons (Fsp3) is 0.333. The highest BCUT2D eigenvalue weighted by Crippen LogP contribution is 2.20. The number of hydrogen-bond donors (Lipinski definition) is 1. The summed E-state index contributed by atoms with van der Waals surface area (Å²) in [7, 11) is 0. The van der Waals surface area contributed by atoms with Gasteiger partial charge in [-0.2, -0.15) is 5.10 Å². The molecular formula is C18H21Cl2N5OS2. The first kappa shape index (κ1) is 22.8. The van der Waals surface area contributed by atoms with Crippen LogP contribution in [-0.4, -0.2) is 52.5 Å². The molecule has 150 valence electrons. The molecule has 0 saturated carbocycles. The number of amides is 1. The zero-order valence-electron chi connectivity index (χ0n) is 15.6. The fourth-order valence-electron chi connectivity index (χ4n) is 2.28. The van der Waals surface area contributed by atoms with Crippen molar-refractivity contribution in [1.82, 2.24) is 15.4 Å². The van der Waals surface area contributed by atoms with Crippen LogP contribution < -0.4 is 10.3 Å². The monoisotopic (exact) mass is 457 g/mol. The van der Waals surface area contributed by atoms with Crippen molar-refractivity contribution in [3.05, 3.63) is 41.6 Å². The Balaban J connectivity index is 1.91. The van der Waals surface area contributed by atoms with Gasteiger partial charge in [0.05, 0.1) is 6.21 Å². The maximum Gasteiger partial charge on any atom is 0.305 e. The van der Waals surface area contributed by atoms with Gasteiger partial charge in [-0.05, 0) is 48.7 Å². The number of anilines is 1. The SMILES string of the molecule is CSc1nc(C)cc(SC(=O)NN=Cc2ccc(N(CCCl)CCCl)cc2)n1. The van der Waals surface area contributed by atoms with Crippen molar-refractivity contribution < 1.29 is 4.79 Å². The molecule has 0 unspecified atom stereocenters. The quantitative estimate of drug-likeness (QED) is 0.148. The lowest BCUT2D eigenvalue weighted by atomic mass is 10.2. The molecule has 0 aliphatic carbocycles. The molecule has 1 heterocycles. The summed E-state index contributed by atoms with van der Waals surface area (Å²) in [5, 5.41) is 4.91. The molecule has 2 aromatic rings. The summed E-state index contributed by atoms with van der Waals surface area (Å²) in [6.07, 6.45) is 3.48. The number of nitrogens with one attached hydrogen (secondary N) is 1. The van der Waals surface area contributed by atoms with E-state index in [0.717, 1.165) is 41.8 Å². The molecule has 1 aromatic carbocycles. The molecule has 0 atom stereocenters. The van der Waals surface area contributed by atoms with Crippen molar-refractivity contribution in [2.45, 2.75) is 17.1 Å². The lowest BCUT2D eigenvalue weighted by molar-refractivity contribution is 0.261. The molecule has 1 aromatic heterocycles. The minimum Gasteiger partial charge on any atom is -0.369 e. The number of benzene rings is 1. The maximum atomic E-state index is 12.0. The van der Waals surface area contributed by atoms with Gasteiger partial charge in [-0.15, -0.1) is 23.2 Å². The van der Waals surface area contributed by atoms with Gasteiger partial charge in [-0.3, -0.25) is 4.79 Å². The van der Waals surface area contributed by atoms with Crippen molar-refractivity contribution in [2.24, 2.45) is 5.10 Å². The number of hydrogen-bond acceptors (Lipinski definition) is 7. The summed E-state index contributed by atoms with van der Waals surface area (Å²) >= 11 is 14.1. The van der Waals surface area contributed by atoms with Crippen LogP contribution in [0.4, 0.5) is 10.5 Å². The van der Waals surface area contributed by atoms with Gasteiger partial charge >= 0.3 is 5.24 Å². The summed E-state index contributed by atoms with van der Waals surface area (Å²) < 4.78 is 0. The fourth-order valence-corrected chi connectivity index (χ4v) is 3.82. The summed E-state index contributed by atoms with van der Waals surface area (Å²) in [6.45, 7) is 3.33. The van der Waals surface area contributed by atoms with Crippen LogP contribution in [-0.2, 0) is 0 Å². The van der Waals surface area contributed by atoms with E-state index < -0.39 is 0 Å². The second-order valence-electron chi connectivity index (χ2n) is 5.55. The zero-order chi connectivity index (χ0) is 20.4. The summed E-state index contributed by atoms with van der Waals surface area (Å²) in [4.78, 5) is 22.7. The predicted molar refractivity (Wildman–Crippen MR) is 121 cm³/mol. The highest BCUT2D eigenvalue weighted by Gasteiger charge is 2.08. The predicted octanol–water partition coefficient (Wildman–Crippen LogP) is 4.63. The number of carbonyl (C=O) groups excluding carboxylic acids is 1. The number of aryl methyl sites for hydroxylation is 1. The number of nitrogens with zero attached hydrogens (tertiary/aromatic N) is 4. The maximum absolute atomic E-state index is 12.0. The van der Waals surface area contributed by atoms with E-state index in [2.05, 4.69) is 25.4 Å². The second-order valence-corrected chi connectivity index (χ2v) is 8.07.